The van der Waals surface area contributed by atoms with Crippen molar-refractivity contribution in [3.63, 3.8) is 0 Å². The standard InChI is InChI=1S/C10H11BrN2O2/c11-6-2-1-3-8-7-9(13(14)15)4-5-10(8)12/h1,3-5,7H,2,6,12H2. The summed E-state index contributed by atoms with van der Waals surface area (Å²) in [4.78, 5) is 10.1. The maximum Gasteiger partial charge on any atom is 0.270 e. The minimum absolute atomic E-state index is 0.0580. The van der Waals surface area contributed by atoms with Gasteiger partial charge in [-0.25, -0.2) is 0 Å². The SMILES string of the molecule is Nc1ccc([N+](=O)[O-])cc1C=CCCBr. The van der Waals surface area contributed by atoms with Crippen LogP contribution in [-0.2, 0) is 0 Å². The third-order valence-corrected chi connectivity index (χ3v) is 2.31. The zero-order chi connectivity index (χ0) is 11.3. The topological polar surface area (TPSA) is 69.2 Å². The zero-order valence-corrected chi connectivity index (χ0v) is 9.61. The highest BCUT2D eigenvalue weighted by Gasteiger charge is 2.06. The highest BCUT2D eigenvalue weighted by molar-refractivity contribution is 9.09. The van der Waals surface area contributed by atoms with Gasteiger partial charge in [-0.1, -0.05) is 28.1 Å². The molecule has 0 aliphatic heterocycles. The number of anilines is 1. The third-order valence-electron chi connectivity index (χ3n) is 1.85. The van der Waals surface area contributed by atoms with Crippen molar-refractivity contribution in [1.29, 1.82) is 0 Å². The molecular formula is C10H11BrN2O2. The summed E-state index contributed by atoms with van der Waals surface area (Å²) in [5.74, 6) is 0. The van der Waals surface area contributed by atoms with Crippen molar-refractivity contribution in [3.05, 3.63) is 40.0 Å². The average molecular weight is 271 g/mol. The number of non-ortho nitro benzene ring substituents is 1. The Morgan fingerprint density at radius 2 is 2.27 bits per heavy atom. The van der Waals surface area contributed by atoms with E-state index in [2.05, 4.69) is 15.9 Å². The Bertz CT molecular complexity index is 391. The van der Waals surface area contributed by atoms with Gasteiger partial charge in [-0.2, -0.15) is 0 Å². The molecule has 0 aromatic heterocycles. The lowest BCUT2D eigenvalue weighted by atomic mass is 10.1. The van der Waals surface area contributed by atoms with Gasteiger partial charge in [0.05, 0.1) is 4.92 Å². The summed E-state index contributed by atoms with van der Waals surface area (Å²) in [7, 11) is 0. The first-order chi connectivity index (χ1) is 7.15. The summed E-state index contributed by atoms with van der Waals surface area (Å²) in [6.07, 6.45) is 4.58. The van der Waals surface area contributed by atoms with E-state index in [1.807, 2.05) is 6.08 Å². The van der Waals surface area contributed by atoms with Gasteiger partial charge in [0.2, 0.25) is 0 Å². The van der Waals surface area contributed by atoms with E-state index in [1.165, 1.54) is 12.1 Å². The van der Waals surface area contributed by atoms with Crippen LogP contribution in [0.3, 0.4) is 0 Å². The van der Waals surface area contributed by atoms with E-state index >= 15 is 0 Å². The molecule has 0 atom stereocenters. The number of alkyl halides is 1. The van der Waals surface area contributed by atoms with Crippen molar-refractivity contribution >= 4 is 33.4 Å². The molecule has 0 spiro atoms. The van der Waals surface area contributed by atoms with Gasteiger partial charge >= 0.3 is 0 Å². The number of hydrogen-bond donors (Lipinski definition) is 1. The molecule has 0 unspecified atom stereocenters. The van der Waals surface area contributed by atoms with Crippen LogP contribution in [0.4, 0.5) is 11.4 Å². The van der Waals surface area contributed by atoms with Gasteiger partial charge in [0.15, 0.2) is 0 Å². The summed E-state index contributed by atoms with van der Waals surface area (Å²) in [5, 5.41) is 11.4. The quantitative estimate of drug-likeness (QED) is 0.396. The first-order valence-electron chi connectivity index (χ1n) is 4.41. The van der Waals surface area contributed by atoms with Crippen LogP contribution in [-0.4, -0.2) is 10.3 Å². The number of nitro groups is 1. The Morgan fingerprint density at radius 1 is 1.53 bits per heavy atom. The molecule has 0 heterocycles. The van der Waals surface area contributed by atoms with Crippen LogP contribution >= 0.6 is 15.9 Å². The smallest absolute Gasteiger partial charge is 0.270 e. The molecule has 0 saturated heterocycles. The van der Waals surface area contributed by atoms with Crippen molar-refractivity contribution in [2.45, 2.75) is 6.42 Å². The van der Waals surface area contributed by atoms with Crippen LogP contribution in [0.2, 0.25) is 0 Å². The highest BCUT2D eigenvalue weighted by atomic mass is 79.9. The summed E-state index contributed by atoms with van der Waals surface area (Å²) in [6, 6.07) is 4.42. The lowest BCUT2D eigenvalue weighted by Crippen LogP contribution is -1.93. The van der Waals surface area contributed by atoms with E-state index in [1.54, 1.807) is 12.1 Å². The van der Waals surface area contributed by atoms with Gasteiger partial charge in [0, 0.05) is 28.7 Å². The molecule has 5 heteroatoms. The minimum atomic E-state index is -0.429. The number of nitro benzene ring substituents is 1. The first-order valence-corrected chi connectivity index (χ1v) is 5.53. The Morgan fingerprint density at radius 3 is 2.87 bits per heavy atom. The van der Waals surface area contributed by atoms with Gasteiger partial charge in [-0.3, -0.25) is 10.1 Å². The number of hydrogen-bond acceptors (Lipinski definition) is 3. The van der Waals surface area contributed by atoms with Crippen molar-refractivity contribution in [2.24, 2.45) is 0 Å². The molecule has 15 heavy (non-hydrogen) atoms. The lowest BCUT2D eigenvalue weighted by Gasteiger charge is -1.99. The van der Waals surface area contributed by atoms with Crippen molar-refractivity contribution in [2.75, 3.05) is 11.1 Å². The van der Waals surface area contributed by atoms with E-state index in [9.17, 15) is 10.1 Å². The molecule has 0 fully saturated rings. The molecule has 1 aromatic rings. The Balaban J connectivity index is 2.95. The average Bonchev–Trinajstić information content (AvgIpc) is 2.20. The molecule has 0 aliphatic carbocycles. The number of halogens is 1. The number of nitrogens with two attached hydrogens (primary N) is 1. The maximum atomic E-state index is 10.5. The summed E-state index contributed by atoms with van der Waals surface area (Å²) in [5.41, 5.74) is 6.98. The molecule has 4 nitrogen and oxygen atoms in total. The zero-order valence-electron chi connectivity index (χ0n) is 8.02. The van der Waals surface area contributed by atoms with Gasteiger partial charge in [0.25, 0.3) is 5.69 Å². The summed E-state index contributed by atoms with van der Waals surface area (Å²) < 4.78 is 0. The van der Waals surface area contributed by atoms with Crippen LogP contribution < -0.4 is 5.73 Å². The molecule has 0 saturated carbocycles. The summed E-state index contributed by atoms with van der Waals surface area (Å²) >= 11 is 3.29. The molecule has 2 N–H and O–H groups in total. The molecule has 1 rings (SSSR count). The molecule has 0 aliphatic rings. The van der Waals surface area contributed by atoms with E-state index in [-0.39, 0.29) is 5.69 Å². The highest BCUT2D eigenvalue weighted by Crippen LogP contribution is 2.20. The first kappa shape index (κ1) is 11.7. The van der Waals surface area contributed by atoms with Crippen molar-refractivity contribution in [1.82, 2.24) is 0 Å². The normalized spacial score (nSPS) is 10.7. The molecule has 1 aromatic carbocycles. The second-order valence-electron chi connectivity index (χ2n) is 2.95. The number of allylic oxidation sites excluding steroid dienone is 1. The number of rotatable bonds is 4. The minimum Gasteiger partial charge on any atom is -0.398 e. The van der Waals surface area contributed by atoms with Crippen LogP contribution in [0.15, 0.2) is 24.3 Å². The van der Waals surface area contributed by atoms with E-state index in [4.69, 9.17) is 5.73 Å². The van der Waals surface area contributed by atoms with E-state index < -0.39 is 4.92 Å². The Hall–Kier alpha value is -1.36. The molecule has 0 radical (unpaired) electrons. The number of nitrogens with zero attached hydrogens (tertiary/aromatic N) is 1. The number of benzene rings is 1. The maximum absolute atomic E-state index is 10.5. The lowest BCUT2D eigenvalue weighted by molar-refractivity contribution is -0.384. The van der Waals surface area contributed by atoms with Crippen molar-refractivity contribution in [3.8, 4) is 0 Å². The predicted molar refractivity (Wildman–Crippen MR) is 65.0 cm³/mol. The third kappa shape index (κ3) is 3.36. The van der Waals surface area contributed by atoms with Gasteiger partial charge in [-0.05, 0) is 12.5 Å². The van der Waals surface area contributed by atoms with Crippen LogP contribution in [0.1, 0.15) is 12.0 Å². The van der Waals surface area contributed by atoms with Crippen LogP contribution in [0, 0.1) is 10.1 Å². The van der Waals surface area contributed by atoms with Gasteiger partial charge in [-0.15, -0.1) is 0 Å². The Kier molecular flexibility index (Phi) is 4.30. The molecular weight excluding hydrogens is 260 g/mol. The second kappa shape index (κ2) is 5.50. The van der Waals surface area contributed by atoms with Gasteiger partial charge < -0.3 is 5.73 Å². The van der Waals surface area contributed by atoms with Crippen LogP contribution in [0.5, 0.6) is 0 Å². The fourth-order valence-corrected chi connectivity index (χ4v) is 1.36. The van der Waals surface area contributed by atoms with E-state index in [0.717, 1.165) is 11.8 Å². The fourth-order valence-electron chi connectivity index (χ4n) is 1.09. The van der Waals surface area contributed by atoms with Crippen LogP contribution in [0.25, 0.3) is 6.08 Å². The molecule has 80 valence electrons. The monoisotopic (exact) mass is 270 g/mol. The molecule has 0 bridgehead atoms. The Labute approximate surface area is 96.1 Å². The van der Waals surface area contributed by atoms with E-state index in [0.29, 0.717) is 11.3 Å². The fraction of sp³-hybridized carbons (Fsp3) is 0.200. The predicted octanol–water partition coefficient (Wildman–Crippen LogP) is 2.98. The van der Waals surface area contributed by atoms with Crippen molar-refractivity contribution < 1.29 is 4.92 Å². The number of nitrogen functional groups attached to an aromatic ring is 1. The second-order valence-corrected chi connectivity index (χ2v) is 3.74. The summed E-state index contributed by atoms with van der Waals surface area (Å²) in [6.45, 7) is 0. The molecule has 0 amide bonds. The van der Waals surface area contributed by atoms with Gasteiger partial charge in [0.1, 0.15) is 0 Å². The largest absolute Gasteiger partial charge is 0.398 e.